The molecule has 1 atom stereocenters. The third-order valence-electron chi connectivity index (χ3n) is 4.55. The van der Waals surface area contributed by atoms with Crippen molar-refractivity contribution < 1.29 is 19.0 Å². The van der Waals surface area contributed by atoms with Gasteiger partial charge in [0.05, 0.1) is 19.8 Å². The van der Waals surface area contributed by atoms with E-state index < -0.39 is 11.2 Å². The number of halogens is 1. The van der Waals surface area contributed by atoms with Crippen molar-refractivity contribution in [2.24, 2.45) is 0 Å². The van der Waals surface area contributed by atoms with E-state index in [2.05, 4.69) is 16.5 Å². The predicted octanol–water partition coefficient (Wildman–Crippen LogP) is 2.91. The first kappa shape index (κ1) is 20.7. The average Bonchev–Trinajstić information content (AvgIpc) is 3.05. The molecule has 2 fully saturated rings. The average molecular weight is 411 g/mol. The molecular weight excluding hydrogens is 384 g/mol. The fourth-order valence-electron chi connectivity index (χ4n) is 3.13. The van der Waals surface area contributed by atoms with E-state index in [1.165, 1.54) is 0 Å². The van der Waals surface area contributed by atoms with Crippen molar-refractivity contribution in [3.63, 3.8) is 0 Å². The number of nitrogens with zero attached hydrogens (tertiary/aromatic N) is 4. The fraction of sp³-hybridized carbons (Fsp3) is 0.632. The van der Waals surface area contributed by atoms with Crippen LogP contribution in [-0.2, 0) is 9.47 Å². The van der Waals surface area contributed by atoms with E-state index in [0.29, 0.717) is 62.8 Å². The van der Waals surface area contributed by atoms with Crippen LogP contribution in [0, 0.1) is 0 Å². The number of likely N-dealkylation sites (tertiary alicyclic amines) is 1. The monoisotopic (exact) mass is 410 g/mol. The van der Waals surface area contributed by atoms with Crippen LogP contribution in [0.25, 0.3) is 0 Å². The van der Waals surface area contributed by atoms with Crippen LogP contribution in [0.5, 0.6) is 5.88 Å². The first-order valence-electron chi connectivity index (χ1n) is 9.37. The minimum Gasteiger partial charge on any atom is -0.465 e. The van der Waals surface area contributed by atoms with Crippen molar-refractivity contribution >= 4 is 23.6 Å². The molecule has 1 unspecified atom stereocenters. The molecule has 1 amide bonds. The molecule has 8 nitrogen and oxygen atoms in total. The van der Waals surface area contributed by atoms with Crippen molar-refractivity contribution in [1.82, 2.24) is 14.9 Å². The number of amides is 1. The topological polar surface area (TPSA) is 77.0 Å². The van der Waals surface area contributed by atoms with Gasteiger partial charge >= 0.3 is 6.09 Å². The van der Waals surface area contributed by atoms with Crippen molar-refractivity contribution in [1.29, 1.82) is 0 Å². The minimum absolute atomic E-state index is 0.299. The standard InChI is InChI=1S/C19H27ClN4O4/c1-5-19(6-7-24(13-19)17(25)28-18(2,3)4)27-15-12-14(20)21-16(22-15)23-8-10-26-11-9-23/h5,12H,1,6-11,13H2,2-4H3. The molecular formula is C19H27ClN4O4. The van der Waals surface area contributed by atoms with Crippen LogP contribution in [0.15, 0.2) is 18.7 Å². The number of carbonyl (C=O) groups is 1. The zero-order valence-corrected chi connectivity index (χ0v) is 17.4. The predicted molar refractivity (Wildman–Crippen MR) is 106 cm³/mol. The molecule has 0 N–H and O–H groups in total. The Hall–Kier alpha value is -2.06. The molecule has 0 bridgehead atoms. The molecule has 3 rings (SSSR count). The lowest BCUT2D eigenvalue weighted by Gasteiger charge is -2.29. The van der Waals surface area contributed by atoms with Gasteiger partial charge in [0, 0.05) is 32.1 Å². The summed E-state index contributed by atoms with van der Waals surface area (Å²) in [6.07, 6.45) is 1.93. The van der Waals surface area contributed by atoms with E-state index in [9.17, 15) is 4.79 Å². The minimum atomic E-state index is -0.753. The third-order valence-corrected chi connectivity index (χ3v) is 4.74. The molecule has 1 aromatic heterocycles. The first-order valence-corrected chi connectivity index (χ1v) is 9.75. The van der Waals surface area contributed by atoms with E-state index in [1.54, 1.807) is 17.0 Å². The van der Waals surface area contributed by atoms with E-state index in [0.717, 1.165) is 0 Å². The van der Waals surface area contributed by atoms with Gasteiger partial charge in [0.1, 0.15) is 16.4 Å². The molecule has 0 aliphatic carbocycles. The Morgan fingerprint density at radius 1 is 1.32 bits per heavy atom. The van der Waals surface area contributed by atoms with Gasteiger partial charge in [0.25, 0.3) is 0 Å². The number of rotatable bonds is 4. The van der Waals surface area contributed by atoms with Gasteiger partial charge < -0.3 is 24.0 Å². The van der Waals surface area contributed by atoms with Gasteiger partial charge in [-0.2, -0.15) is 4.98 Å². The third kappa shape index (κ3) is 5.05. The van der Waals surface area contributed by atoms with Crippen molar-refractivity contribution in [3.8, 4) is 5.88 Å². The maximum absolute atomic E-state index is 12.4. The van der Waals surface area contributed by atoms with Gasteiger partial charge in [-0.25, -0.2) is 9.78 Å². The highest BCUT2D eigenvalue weighted by Crippen LogP contribution is 2.31. The van der Waals surface area contributed by atoms with Gasteiger partial charge in [-0.05, 0) is 26.8 Å². The molecule has 0 saturated carbocycles. The summed E-state index contributed by atoms with van der Waals surface area (Å²) in [6, 6.07) is 1.58. The Balaban J connectivity index is 1.73. The van der Waals surface area contributed by atoms with E-state index in [-0.39, 0.29) is 6.09 Å². The highest BCUT2D eigenvalue weighted by molar-refractivity contribution is 6.29. The smallest absolute Gasteiger partial charge is 0.410 e. The summed E-state index contributed by atoms with van der Waals surface area (Å²) >= 11 is 6.20. The van der Waals surface area contributed by atoms with Crippen LogP contribution in [0.2, 0.25) is 5.15 Å². The molecule has 154 valence electrons. The lowest BCUT2D eigenvalue weighted by atomic mass is 10.0. The summed E-state index contributed by atoms with van der Waals surface area (Å²) in [4.78, 5) is 24.8. The Bertz CT molecular complexity index is 733. The largest absolute Gasteiger partial charge is 0.465 e. The van der Waals surface area contributed by atoms with Crippen molar-refractivity contribution in [3.05, 3.63) is 23.9 Å². The Labute approximate surface area is 170 Å². The molecule has 9 heteroatoms. The molecule has 0 radical (unpaired) electrons. The summed E-state index contributed by atoms with van der Waals surface area (Å²) < 4.78 is 17.0. The SMILES string of the molecule is C=CC1(Oc2cc(Cl)nc(N3CCOCC3)n2)CCN(C(=O)OC(C)(C)C)C1. The van der Waals surface area contributed by atoms with Gasteiger partial charge in [-0.3, -0.25) is 0 Å². The number of ether oxygens (including phenoxy) is 3. The molecule has 3 heterocycles. The van der Waals surface area contributed by atoms with Crippen LogP contribution < -0.4 is 9.64 Å². The number of aromatic nitrogens is 2. The van der Waals surface area contributed by atoms with Gasteiger partial charge in [-0.1, -0.05) is 18.2 Å². The fourth-order valence-corrected chi connectivity index (χ4v) is 3.30. The molecule has 0 aromatic carbocycles. The van der Waals surface area contributed by atoms with E-state index in [4.69, 9.17) is 25.8 Å². The Morgan fingerprint density at radius 3 is 2.68 bits per heavy atom. The van der Waals surface area contributed by atoms with Crippen LogP contribution >= 0.6 is 11.6 Å². The molecule has 2 saturated heterocycles. The number of hydrogen-bond donors (Lipinski definition) is 0. The zero-order valence-electron chi connectivity index (χ0n) is 16.6. The van der Waals surface area contributed by atoms with E-state index in [1.807, 2.05) is 25.7 Å². The van der Waals surface area contributed by atoms with Gasteiger partial charge in [0.2, 0.25) is 11.8 Å². The zero-order chi connectivity index (χ0) is 20.4. The number of hydrogen-bond acceptors (Lipinski definition) is 7. The molecule has 2 aliphatic rings. The second-order valence-corrected chi connectivity index (χ2v) is 8.34. The Morgan fingerprint density at radius 2 is 2.04 bits per heavy atom. The highest BCUT2D eigenvalue weighted by Gasteiger charge is 2.41. The second kappa shape index (κ2) is 8.13. The van der Waals surface area contributed by atoms with Crippen molar-refractivity contribution in [2.45, 2.75) is 38.4 Å². The first-order chi connectivity index (χ1) is 13.2. The maximum Gasteiger partial charge on any atom is 0.410 e. The van der Waals surface area contributed by atoms with Gasteiger partial charge in [-0.15, -0.1) is 0 Å². The summed E-state index contributed by atoms with van der Waals surface area (Å²) in [5.74, 6) is 0.861. The quantitative estimate of drug-likeness (QED) is 0.557. The summed E-state index contributed by atoms with van der Waals surface area (Å²) in [6.45, 7) is 12.9. The molecule has 0 spiro atoms. The summed E-state index contributed by atoms with van der Waals surface area (Å²) in [7, 11) is 0. The lowest BCUT2D eigenvalue weighted by molar-refractivity contribution is 0.0247. The summed E-state index contributed by atoms with van der Waals surface area (Å²) in [5.41, 5.74) is -1.30. The lowest BCUT2D eigenvalue weighted by Crippen LogP contribution is -2.41. The summed E-state index contributed by atoms with van der Waals surface area (Å²) in [5, 5.41) is 0.299. The molecule has 2 aliphatic heterocycles. The van der Waals surface area contributed by atoms with Crippen LogP contribution in [0.4, 0.5) is 10.7 Å². The second-order valence-electron chi connectivity index (χ2n) is 7.95. The normalized spacial score (nSPS) is 22.9. The number of anilines is 1. The Kier molecular flexibility index (Phi) is 6.00. The van der Waals surface area contributed by atoms with Crippen LogP contribution in [-0.4, -0.2) is 71.6 Å². The van der Waals surface area contributed by atoms with Crippen LogP contribution in [0.3, 0.4) is 0 Å². The maximum atomic E-state index is 12.4. The van der Waals surface area contributed by atoms with Crippen molar-refractivity contribution in [2.75, 3.05) is 44.3 Å². The number of carbonyl (C=O) groups excluding carboxylic acids is 1. The van der Waals surface area contributed by atoms with Crippen LogP contribution in [0.1, 0.15) is 27.2 Å². The van der Waals surface area contributed by atoms with Gasteiger partial charge in [0.15, 0.2) is 0 Å². The highest BCUT2D eigenvalue weighted by atomic mass is 35.5. The van der Waals surface area contributed by atoms with E-state index >= 15 is 0 Å². The molecule has 28 heavy (non-hydrogen) atoms. The number of morpholine rings is 1. The molecule has 1 aromatic rings.